The number of carbonyl (C=O) groups is 1. The summed E-state index contributed by atoms with van der Waals surface area (Å²) in [6.07, 6.45) is 0. The number of hydrogen-bond donors (Lipinski definition) is 2. The molecule has 3 nitrogen and oxygen atoms in total. The molecule has 0 fully saturated rings. The van der Waals surface area contributed by atoms with Gasteiger partial charge in [0.05, 0.1) is 0 Å². The van der Waals surface area contributed by atoms with Crippen molar-refractivity contribution in [1.29, 1.82) is 0 Å². The van der Waals surface area contributed by atoms with E-state index in [1.54, 1.807) is 6.07 Å². The predicted octanol–water partition coefficient (Wildman–Crippen LogP) is 1.76. The molecule has 0 saturated carbocycles. The van der Waals surface area contributed by atoms with Crippen molar-refractivity contribution in [2.45, 2.75) is 20.4 Å². The molecule has 0 aliphatic carbocycles. The number of amides is 1. The summed E-state index contributed by atoms with van der Waals surface area (Å²) in [6, 6.07) is 5.51. The molecule has 0 spiro atoms. The Kier molecular flexibility index (Phi) is 4.26. The fourth-order valence-electron chi connectivity index (χ4n) is 1.46. The highest BCUT2D eigenvalue weighted by Gasteiger charge is 2.03. The van der Waals surface area contributed by atoms with Gasteiger partial charge in [-0.05, 0) is 37.1 Å². The van der Waals surface area contributed by atoms with Crippen molar-refractivity contribution in [2.24, 2.45) is 5.73 Å². The molecular formula is C13H18N2O. The second kappa shape index (κ2) is 5.47. The van der Waals surface area contributed by atoms with Gasteiger partial charge in [0.15, 0.2) is 0 Å². The van der Waals surface area contributed by atoms with E-state index in [9.17, 15) is 4.79 Å². The minimum absolute atomic E-state index is 0.385. The number of hydrogen-bond acceptors (Lipinski definition) is 2. The zero-order chi connectivity index (χ0) is 12.1. The molecule has 0 bridgehead atoms. The lowest BCUT2D eigenvalue weighted by Gasteiger charge is -2.08. The fraction of sp³-hybridized carbons (Fsp3) is 0.308. The molecule has 0 heterocycles. The summed E-state index contributed by atoms with van der Waals surface area (Å²) in [5.74, 6) is -0.385. The molecule has 0 saturated heterocycles. The third kappa shape index (κ3) is 3.51. The van der Waals surface area contributed by atoms with E-state index in [-0.39, 0.29) is 5.91 Å². The fourth-order valence-corrected chi connectivity index (χ4v) is 1.46. The van der Waals surface area contributed by atoms with E-state index < -0.39 is 0 Å². The quantitative estimate of drug-likeness (QED) is 0.740. The zero-order valence-corrected chi connectivity index (χ0v) is 9.84. The maximum Gasteiger partial charge on any atom is 0.248 e. The van der Waals surface area contributed by atoms with E-state index in [1.807, 2.05) is 26.0 Å². The first-order valence-electron chi connectivity index (χ1n) is 5.25. The van der Waals surface area contributed by atoms with Gasteiger partial charge in [-0.2, -0.15) is 0 Å². The highest BCUT2D eigenvalue weighted by molar-refractivity contribution is 5.93. The molecule has 3 heteroatoms. The molecule has 0 aliphatic rings. The Morgan fingerprint density at radius 3 is 2.69 bits per heavy atom. The highest BCUT2D eigenvalue weighted by Crippen LogP contribution is 2.10. The van der Waals surface area contributed by atoms with Crippen LogP contribution in [-0.2, 0) is 6.54 Å². The number of primary amides is 1. The Labute approximate surface area is 96.3 Å². The largest absolute Gasteiger partial charge is 0.366 e. The van der Waals surface area contributed by atoms with Gasteiger partial charge in [-0.1, -0.05) is 18.2 Å². The van der Waals surface area contributed by atoms with Crippen LogP contribution in [0.25, 0.3) is 0 Å². The van der Waals surface area contributed by atoms with Gasteiger partial charge in [-0.25, -0.2) is 0 Å². The van der Waals surface area contributed by atoms with E-state index in [0.29, 0.717) is 5.56 Å². The van der Waals surface area contributed by atoms with Crippen LogP contribution >= 0.6 is 0 Å². The Bertz CT molecular complexity index is 410. The SMILES string of the molecule is C=C(C)CNCc1ccc(C(N)=O)cc1C. The summed E-state index contributed by atoms with van der Waals surface area (Å²) in [7, 11) is 0. The van der Waals surface area contributed by atoms with Crippen molar-refractivity contribution < 1.29 is 4.79 Å². The van der Waals surface area contributed by atoms with Crippen molar-refractivity contribution in [3.63, 3.8) is 0 Å². The molecule has 0 aromatic heterocycles. The molecule has 1 aromatic carbocycles. The molecule has 1 rings (SSSR count). The Balaban J connectivity index is 2.68. The van der Waals surface area contributed by atoms with Crippen LogP contribution in [-0.4, -0.2) is 12.5 Å². The van der Waals surface area contributed by atoms with E-state index in [1.165, 1.54) is 5.56 Å². The molecule has 1 amide bonds. The molecule has 16 heavy (non-hydrogen) atoms. The number of aryl methyl sites for hydroxylation is 1. The Hall–Kier alpha value is -1.61. The van der Waals surface area contributed by atoms with Crippen LogP contribution in [0.2, 0.25) is 0 Å². The summed E-state index contributed by atoms with van der Waals surface area (Å²) in [5.41, 5.74) is 9.11. The minimum atomic E-state index is -0.385. The van der Waals surface area contributed by atoms with Crippen LogP contribution < -0.4 is 11.1 Å². The highest BCUT2D eigenvalue weighted by atomic mass is 16.1. The second-order valence-corrected chi connectivity index (χ2v) is 4.07. The van der Waals surface area contributed by atoms with Crippen molar-refractivity contribution in [3.05, 3.63) is 47.0 Å². The standard InChI is InChI=1S/C13H18N2O/c1-9(2)7-15-8-12-5-4-11(13(14)16)6-10(12)3/h4-6,15H,1,7-8H2,2-3H3,(H2,14,16). The summed E-state index contributed by atoms with van der Waals surface area (Å²) in [6.45, 7) is 9.36. The topological polar surface area (TPSA) is 55.1 Å². The smallest absolute Gasteiger partial charge is 0.248 e. The van der Waals surface area contributed by atoms with Crippen LogP contribution in [0, 0.1) is 6.92 Å². The van der Waals surface area contributed by atoms with E-state index in [2.05, 4.69) is 11.9 Å². The van der Waals surface area contributed by atoms with Crippen LogP contribution in [0.4, 0.5) is 0 Å². The molecule has 86 valence electrons. The van der Waals surface area contributed by atoms with Gasteiger partial charge in [0.25, 0.3) is 0 Å². The maximum atomic E-state index is 11.0. The first-order valence-corrected chi connectivity index (χ1v) is 5.25. The Morgan fingerprint density at radius 2 is 2.19 bits per heavy atom. The Morgan fingerprint density at radius 1 is 1.50 bits per heavy atom. The van der Waals surface area contributed by atoms with Crippen molar-refractivity contribution in [1.82, 2.24) is 5.32 Å². The number of rotatable bonds is 5. The number of nitrogens with two attached hydrogens (primary N) is 1. The van der Waals surface area contributed by atoms with Crippen LogP contribution in [0.3, 0.4) is 0 Å². The van der Waals surface area contributed by atoms with Crippen LogP contribution in [0.15, 0.2) is 30.4 Å². The summed E-state index contributed by atoms with van der Waals surface area (Å²) in [5, 5.41) is 3.27. The number of benzene rings is 1. The second-order valence-electron chi connectivity index (χ2n) is 4.07. The normalized spacial score (nSPS) is 10.1. The maximum absolute atomic E-state index is 11.0. The van der Waals surface area contributed by atoms with E-state index in [4.69, 9.17) is 5.73 Å². The van der Waals surface area contributed by atoms with E-state index in [0.717, 1.165) is 24.2 Å². The van der Waals surface area contributed by atoms with Crippen molar-refractivity contribution in [3.8, 4) is 0 Å². The lowest BCUT2D eigenvalue weighted by molar-refractivity contribution is 0.1000. The number of nitrogens with one attached hydrogen (secondary N) is 1. The van der Waals surface area contributed by atoms with Gasteiger partial charge < -0.3 is 11.1 Å². The van der Waals surface area contributed by atoms with Gasteiger partial charge >= 0.3 is 0 Å². The average molecular weight is 218 g/mol. The molecule has 0 radical (unpaired) electrons. The monoisotopic (exact) mass is 218 g/mol. The van der Waals surface area contributed by atoms with Gasteiger partial charge in [-0.15, -0.1) is 0 Å². The van der Waals surface area contributed by atoms with Gasteiger partial charge in [0.2, 0.25) is 5.91 Å². The molecule has 3 N–H and O–H groups in total. The zero-order valence-electron chi connectivity index (χ0n) is 9.84. The van der Waals surface area contributed by atoms with Gasteiger partial charge in [0.1, 0.15) is 0 Å². The lowest BCUT2D eigenvalue weighted by Crippen LogP contribution is -2.16. The van der Waals surface area contributed by atoms with Crippen molar-refractivity contribution in [2.75, 3.05) is 6.54 Å². The summed E-state index contributed by atoms with van der Waals surface area (Å²) < 4.78 is 0. The van der Waals surface area contributed by atoms with E-state index >= 15 is 0 Å². The summed E-state index contributed by atoms with van der Waals surface area (Å²) >= 11 is 0. The van der Waals surface area contributed by atoms with Crippen molar-refractivity contribution >= 4 is 5.91 Å². The lowest BCUT2D eigenvalue weighted by atomic mass is 10.0. The third-order valence-electron chi connectivity index (χ3n) is 2.37. The van der Waals surface area contributed by atoms with Crippen LogP contribution in [0.5, 0.6) is 0 Å². The first-order chi connectivity index (χ1) is 7.50. The van der Waals surface area contributed by atoms with Gasteiger partial charge in [-0.3, -0.25) is 4.79 Å². The minimum Gasteiger partial charge on any atom is -0.366 e. The molecular weight excluding hydrogens is 200 g/mol. The van der Waals surface area contributed by atoms with Gasteiger partial charge in [0, 0.05) is 18.7 Å². The molecule has 0 aliphatic heterocycles. The third-order valence-corrected chi connectivity index (χ3v) is 2.37. The van der Waals surface area contributed by atoms with Crippen LogP contribution in [0.1, 0.15) is 28.4 Å². The summed E-state index contributed by atoms with van der Waals surface area (Å²) in [4.78, 5) is 11.0. The predicted molar refractivity (Wildman–Crippen MR) is 66.2 cm³/mol. The number of carbonyl (C=O) groups excluding carboxylic acids is 1. The molecule has 0 atom stereocenters. The molecule has 1 aromatic rings. The first kappa shape index (κ1) is 12.5. The molecule has 0 unspecified atom stereocenters. The average Bonchev–Trinajstić information content (AvgIpc) is 2.19.